The van der Waals surface area contributed by atoms with E-state index in [0.717, 1.165) is 10.8 Å². The van der Waals surface area contributed by atoms with Gasteiger partial charge in [-0.25, -0.2) is 9.36 Å². The van der Waals surface area contributed by atoms with E-state index >= 15 is 0 Å². The van der Waals surface area contributed by atoms with Gasteiger partial charge in [-0.05, 0) is 0 Å². The van der Waals surface area contributed by atoms with Crippen molar-refractivity contribution in [3.8, 4) is 0 Å². The largest absolute Gasteiger partial charge is 0.469 e. The molecular weight excluding hydrogens is 323 g/mol. The number of rotatable bonds is 4. The van der Waals surface area contributed by atoms with Crippen LogP contribution in [0.3, 0.4) is 0 Å². The maximum atomic E-state index is 12.0. The molecular formula is C10H15N2O9P. The lowest BCUT2D eigenvalue weighted by Gasteiger charge is -2.14. The minimum absolute atomic E-state index is 0.104. The molecule has 0 aromatic carbocycles. The zero-order valence-electron chi connectivity index (χ0n) is 11.3. The molecule has 1 fully saturated rings. The lowest BCUT2D eigenvalue weighted by molar-refractivity contribution is -0.0229. The van der Waals surface area contributed by atoms with Gasteiger partial charge in [0, 0.05) is 13.2 Å². The number of hydrogen-bond acceptors (Lipinski definition) is 7. The number of nitrogens with zero attached hydrogens (tertiary/aromatic N) is 1. The molecule has 124 valence electrons. The van der Waals surface area contributed by atoms with Gasteiger partial charge in [0.25, 0.3) is 5.56 Å². The molecule has 2 rings (SSSR count). The van der Waals surface area contributed by atoms with Crippen LogP contribution < -0.4 is 11.2 Å². The number of hydrogen-bond donors (Lipinski definition) is 5. The highest BCUT2D eigenvalue weighted by atomic mass is 31.2. The molecule has 2 heterocycles. The molecule has 12 heteroatoms. The Kier molecular flexibility index (Phi) is 4.68. The Morgan fingerprint density at radius 1 is 1.36 bits per heavy atom. The lowest BCUT2D eigenvalue weighted by Crippen LogP contribution is -2.37. The van der Waals surface area contributed by atoms with Crippen LogP contribution in [0.25, 0.3) is 0 Å². The van der Waals surface area contributed by atoms with Crippen LogP contribution in [-0.4, -0.2) is 54.5 Å². The smallest absolute Gasteiger partial charge is 0.387 e. The summed E-state index contributed by atoms with van der Waals surface area (Å²) in [6.07, 6.45) is -4.50. The van der Waals surface area contributed by atoms with Crippen molar-refractivity contribution in [1.29, 1.82) is 0 Å². The van der Waals surface area contributed by atoms with Gasteiger partial charge in [0.1, 0.15) is 24.4 Å². The first-order chi connectivity index (χ1) is 10.1. The van der Waals surface area contributed by atoms with Crippen molar-refractivity contribution < 1.29 is 33.8 Å². The van der Waals surface area contributed by atoms with Crippen LogP contribution in [0.15, 0.2) is 15.8 Å². The molecule has 0 saturated carbocycles. The van der Waals surface area contributed by atoms with E-state index in [4.69, 9.17) is 14.5 Å². The third-order valence-electron chi connectivity index (χ3n) is 3.28. The number of phosphoric acid groups is 1. The van der Waals surface area contributed by atoms with Crippen molar-refractivity contribution in [1.82, 2.24) is 9.55 Å². The van der Waals surface area contributed by atoms with Crippen molar-refractivity contribution in [2.24, 2.45) is 7.05 Å². The summed E-state index contributed by atoms with van der Waals surface area (Å²) in [4.78, 5) is 42.8. The summed E-state index contributed by atoms with van der Waals surface area (Å²) in [5, 5.41) is 19.7. The molecule has 1 unspecified atom stereocenters. The summed E-state index contributed by atoms with van der Waals surface area (Å²) >= 11 is 0. The van der Waals surface area contributed by atoms with Crippen LogP contribution in [0.2, 0.25) is 0 Å². The van der Waals surface area contributed by atoms with E-state index in [9.17, 15) is 24.4 Å². The predicted octanol–water partition coefficient (Wildman–Crippen LogP) is -2.66. The summed E-state index contributed by atoms with van der Waals surface area (Å²) in [6.45, 7) is -0.678. The van der Waals surface area contributed by atoms with E-state index in [0.29, 0.717) is 0 Å². The second-order valence-corrected chi connectivity index (χ2v) is 6.02. The molecule has 1 aliphatic rings. The fourth-order valence-electron chi connectivity index (χ4n) is 2.10. The maximum Gasteiger partial charge on any atom is 0.469 e. The molecule has 1 aliphatic heterocycles. The van der Waals surface area contributed by atoms with Crippen LogP contribution in [0.1, 0.15) is 11.7 Å². The van der Waals surface area contributed by atoms with Crippen LogP contribution in [0, 0.1) is 0 Å². The number of aromatic nitrogens is 2. The Hall–Kier alpha value is -1.33. The SMILES string of the molecule is Cn1c(=O)[nH]cc([C@@H]2O[C@H](COP(=O)(O)O)[C@H](O)C2O)c1=O. The molecule has 0 aliphatic carbocycles. The molecule has 11 nitrogen and oxygen atoms in total. The van der Waals surface area contributed by atoms with Crippen molar-refractivity contribution in [3.63, 3.8) is 0 Å². The Bertz CT molecular complexity index is 707. The van der Waals surface area contributed by atoms with Gasteiger partial charge >= 0.3 is 13.5 Å². The van der Waals surface area contributed by atoms with Crippen molar-refractivity contribution in [2.45, 2.75) is 24.4 Å². The van der Waals surface area contributed by atoms with Crippen LogP contribution >= 0.6 is 7.82 Å². The zero-order valence-corrected chi connectivity index (χ0v) is 12.2. The number of aliphatic hydroxyl groups excluding tert-OH is 2. The summed E-state index contributed by atoms with van der Waals surface area (Å²) in [5.41, 5.74) is -1.49. The number of nitrogens with one attached hydrogen (secondary N) is 1. The number of H-pyrrole nitrogens is 1. The summed E-state index contributed by atoms with van der Waals surface area (Å²) < 4.78 is 20.9. The second-order valence-electron chi connectivity index (χ2n) is 4.78. The maximum absolute atomic E-state index is 12.0. The standard InChI is InChI=1S/C10H15N2O9P/c1-12-9(15)4(2-11-10(12)16)8-7(14)6(13)5(21-8)3-20-22(17,18)19/h2,5-8,13-14H,3H2,1H3,(H,11,16)(H2,17,18,19)/t5-,6+,7?,8+/m1/s1. The monoisotopic (exact) mass is 338 g/mol. The van der Waals surface area contributed by atoms with Crippen molar-refractivity contribution in [3.05, 3.63) is 32.6 Å². The van der Waals surface area contributed by atoms with Gasteiger partial charge in [0.2, 0.25) is 0 Å². The van der Waals surface area contributed by atoms with Crippen molar-refractivity contribution in [2.75, 3.05) is 6.61 Å². The highest BCUT2D eigenvalue weighted by Crippen LogP contribution is 2.38. The molecule has 0 amide bonds. The molecule has 0 radical (unpaired) electrons. The first-order valence-electron chi connectivity index (χ1n) is 6.12. The Labute approximate surface area is 123 Å². The van der Waals surface area contributed by atoms with Gasteiger partial charge in [-0.15, -0.1) is 0 Å². The Morgan fingerprint density at radius 3 is 2.59 bits per heavy atom. The predicted molar refractivity (Wildman–Crippen MR) is 69.9 cm³/mol. The fraction of sp³-hybridized carbons (Fsp3) is 0.600. The first kappa shape index (κ1) is 17.0. The number of ether oxygens (including phenoxy) is 1. The second kappa shape index (κ2) is 6.05. The van der Waals surface area contributed by atoms with Crippen LogP contribution in [0.4, 0.5) is 0 Å². The summed E-state index contributed by atoms with van der Waals surface area (Å²) in [6, 6.07) is 0. The minimum Gasteiger partial charge on any atom is -0.387 e. The highest BCUT2D eigenvalue weighted by molar-refractivity contribution is 7.46. The molecule has 0 bridgehead atoms. The first-order valence-corrected chi connectivity index (χ1v) is 7.65. The van der Waals surface area contributed by atoms with E-state index in [1.165, 1.54) is 7.05 Å². The van der Waals surface area contributed by atoms with Crippen LogP contribution in [-0.2, 0) is 20.9 Å². The zero-order chi connectivity index (χ0) is 16.7. The van der Waals surface area contributed by atoms with E-state index in [1.807, 2.05) is 0 Å². The molecule has 1 aromatic rings. The third-order valence-corrected chi connectivity index (χ3v) is 3.77. The van der Waals surface area contributed by atoms with Crippen molar-refractivity contribution >= 4 is 7.82 Å². The summed E-state index contributed by atoms with van der Waals surface area (Å²) in [7, 11) is -3.55. The fourth-order valence-corrected chi connectivity index (χ4v) is 2.44. The normalized spacial score (nSPS) is 29.0. The topological polar surface area (TPSA) is 171 Å². The molecule has 5 N–H and O–H groups in total. The van der Waals surface area contributed by atoms with Gasteiger partial charge in [-0.3, -0.25) is 13.9 Å². The average Bonchev–Trinajstić information content (AvgIpc) is 2.70. The molecule has 1 saturated heterocycles. The Morgan fingerprint density at radius 2 is 2.00 bits per heavy atom. The molecule has 22 heavy (non-hydrogen) atoms. The third kappa shape index (κ3) is 3.36. The van der Waals surface area contributed by atoms with E-state index in [1.54, 1.807) is 0 Å². The lowest BCUT2D eigenvalue weighted by atomic mass is 10.0. The number of phosphoric ester groups is 1. The minimum atomic E-state index is -4.77. The molecule has 4 atom stereocenters. The highest BCUT2D eigenvalue weighted by Gasteiger charge is 2.45. The van der Waals surface area contributed by atoms with E-state index < -0.39 is 50.1 Å². The van der Waals surface area contributed by atoms with Gasteiger partial charge in [-0.2, -0.15) is 0 Å². The van der Waals surface area contributed by atoms with Gasteiger partial charge < -0.3 is 29.7 Å². The molecule has 0 spiro atoms. The number of aliphatic hydroxyl groups is 2. The number of aromatic amines is 1. The van der Waals surface area contributed by atoms with Gasteiger partial charge in [0.05, 0.1) is 12.2 Å². The van der Waals surface area contributed by atoms with Gasteiger partial charge in [-0.1, -0.05) is 0 Å². The quantitative estimate of drug-likeness (QED) is 0.367. The van der Waals surface area contributed by atoms with Crippen LogP contribution in [0.5, 0.6) is 0 Å². The average molecular weight is 338 g/mol. The Balaban J connectivity index is 2.24. The van der Waals surface area contributed by atoms with E-state index in [-0.39, 0.29) is 5.56 Å². The van der Waals surface area contributed by atoms with E-state index in [2.05, 4.69) is 9.51 Å². The van der Waals surface area contributed by atoms with Gasteiger partial charge in [0.15, 0.2) is 0 Å². The summed E-state index contributed by atoms with van der Waals surface area (Å²) in [5.74, 6) is 0. The molecule has 1 aromatic heterocycles.